The number of rotatable bonds is 4. The molecule has 8 nitrogen and oxygen atoms in total. The number of imidazole rings is 1. The van der Waals surface area contributed by atoms with Crippen molar-refractivity contribution in [3.05, 3.63) is 77.9 Å². The minimum atomic E-state index is -0.743. The fraction of sp³-hybridized carbons (Fsp3) is 0.167. The number of hydrogen-bond donors (Lipinski definition) is 3. The molecule has 162 valence electrons. The van der Waals surface area contributed by atoms with E-state index in [9.17, 15) is 14.7 Å². The third-order valence-electron chi connectivity index (χ3n) is 5.15. The lowest BCUT2D eigenvalue weighted by Gasteiger charge is -2.20. The van der Waals surface area contributed by atoms with Gasteiger partial charge in [0.2, 0.25) is 0 Å². The third-order valence-corrected chi connectivity index (χ3v) is 5.15. The molecule has 32 heavy (non-hydrogen) atoms. The van der Waals surface area contributed by atoms with E-state index in [0.29, 0.717) is 5.69 Å². The molecule has 0 atom stereocenters. The summed E-state index contributed by atoms with van der Waals surface area (Å²) in [5.41, 5.74) is 8.10. The molecule has 8 heteroatoms. The minimum absolute atomic E-state index is 0.0330. The zero-order chi connectivity index (χ0) is 23.0. The highest BCUT2D eigenvalue weighted by Gasteiger charge is 2.21. The molecule has 4 N–H and O–H groups in total. The summed E-state index contributed by atoms with van der Waals surface area (Å²) in [4.78, 5) is 33.7. The molecule has 0 bridgehead atoms. The highest BCUT2D eigenvalue weighted by molar-refractivity contribution is 6.06. The van der Waals surface area contributed by atoms with Crippen LogP contribution in [0.3, 0.4) is 0 Å². The summed E-state index contributed by atoms with van der Waals surface area (Å²) < 4.78 is 1.41. The van der Waals surface area contributed by atoms with E-state index in [0.717, 1.165) is 11.1 Å². The van der Waals surface area contributed by atoms with Gasteiger partial charge in [-0.05, 0) is 29.2 Å². The third kappa shape index (κ3) is 3.90. The predicted molar refractivity (Wildman–Crippen MR) is 122 cm³/mol. The lowest BCUT2D eigenvalue weighted by molar-refractivity contribution is 0.0993. The number of nitrogens with two attached hydrogens (primary N) is 1. The molecule has 0 saturated heterocycles. The summed E-state index contributed by atoms with van der Waals surface area (Å²) in [6.45, 7) is 6.13. The number of nitrogens with one attached hydrogen (secondary N) is 1. The van der Waals surface area contributed by atoms with Gasteiger partial charge in [0.1, 0.15) is 17.8 Å². The number of phenols is 1. The van der Waals surface area contributed by atoms with E-state index < -0.39 is 11.8 Å². The van der Waals surface area contributed by atoms with E-state index >= 15 is 0 Å². The second-order valence-electron chi connectivity index (χ2n) is 8.48. The number of phenolic OH excluding ortho intramolecular Hbond substituents is 1. The van der Waals surface area contributed by atoms with Crippen LogP contribution in [0.15, 0.2) is 60.9 Å². The molecular formula is C24H23N5O3. The summed E-state index contributed by atoms with van der Waals surface area (Å²) in [5, 5.41) is 13.1. The highest BCUT2D eigenvalue weighted by atomic mass is 16.3. The molecule has 0 unspecified atom stereocenters. The molecule has 2 aromatic heterocycles. The number of benzene rings is 2. The van der Waals surface area contributed by atoms with Gasteiger partial charge in [-0.2, -0.15) is 0 Å². The van der Waals surface area contributed by atoms with Crippen molar-refractivity contribution in [1.29, 1.82) is 0 Å². The van der Waals surface area contributed by atoms with Crippen molar-refractivity contribution in [1.82, 2.24) is 14.4 Å². The first-order valence-corrected chi connectivity index (χ1v) is 10.0. The van der Waals surface area contributed by atoms with Gasteiger partial charge in [-0.15, -0.1) is 0 Å². The maximum Gasteiger partial charge on any atom is 0.272 e. The van der Waals surface area contributed by atoms with Crippen LogP contribution in [-0.2, 0) is 5.41 Å². The summed E-state index contributed by atoms with van der Waals surface area (Å²) in [5.74, 6) is -1.29. The van der Waals surface area contributed by atoms with Crippen molar-refractivity contribution in [3.63, 3.8) is 0 Å². The standard InChI is InChI=1S/C24H23N5O3/c1-24(2,3)15-9-10-19(30)17(11-15)28-23(32)18-12-16(14-7-5-4-6-8-14)27-22-20(21(25)31)26-13-29(18)22/h4-13,30H,1-3H3,(H2,25,31)(H,28,32). The van der Waals surface area contributed by atoms with Crippen LogP contribution in [0, 0.1) is 0 Å². The van der Waals surface area contributed by atoms with Crippen LogP contribution in [0.5, 0.6) is 5.75 Å². The van der Waals surface area contributed by atoms with Gasteiger partial charge < -0.3 is 16.2 Å². The smallest absolute Gasteiger partial charge is 0.272 e. The van der Waals surface area contributed by atoms with E-state index in [1.165, 1.54) is 10.7 Å². The molecule has 0 radical (unpaired) electrons. The molecule has 0 aliphatic rings. The maximum atomic E-state index is 13.3. The number of amides is 2. The number of carbonyl (C=O) groups excluding carboxylic acids is 2. The number of aromatic hydroxyl groups is 1. The average molecular weight is 429 g/mol. The van der Waals surface area contributed by atoms with Crippen molar-refractivity contribution in [3.8, 4) is 17.0 Å². The first kappa shape index (κ1) is 21.0. The molecule has 0 spiro atoms. The van der Waals surface area contributed by atoms with Crippen LogP contribution in [0.2, 0.25) is 0 Å². The number of fused-ring (bicyclic) bond motifs is 1. The molecule has 4 rings (SSSR count). The lowest BCUT2D eigenvalue weighted by Crippen LogP contribution is -2.18. The molecule has 2 amide bonds. The Kier molecular flexibility index (Phi) is 5.14. The van der Waals surface area contributed by atoms with Gasteiger partial charge in [0.25, 0.3) is 11.8 Å². The molecule has 2 heterocycles. The van der Waals surface area contributed by atoms with E-state index in [1.807, 2.05) is 57.2 Å². The second kappa shape index (κ2) is 7.81. The number of primary amides is 1. The van der Waals surface area contributed by atoms with Gasteiger partial charge in [-0.3, -0.25) is 14.0 Å². The minimum Gasteiger partial charge on any atom is -0.506 e. The predicted octanol–water partition coefficient (Wildman–Crippen LogP) is 3.75. The van der Waals surface area contributed by atoms with Crippen LogP contribution in [0.1, 0.15) is 47.3 Å². The van der Waals surface area contributed by atoms with Crippen LogP contribution in [0.4, 0.5) is 5.69 Å². The summed E-state index contributed by atoms with van der Waals surface area (Å²) in [6, 6.07) is 16.0. The van der Waals surface area contributed by atoms with Crippen LogP contribution >= 0.6 is 0 Å². The fourth-order valence-corrected chi connectivity index (χ4v) is 3.37. The quantitative estimate of drug-likeness (QED) is 0.426. The molecule has 2 aromatic carbocycles. The molecule has 0 fully saturated rings. The number of aromatic nitrogens is 3. The SMILES string of the molecule is CC(C)(C)c1ccc(O)c(NC(=O)c2cc(-c3ccccc3)nc3c(C(N)=O)ncn23)c1. The molecule has 4 aromatic rings. The Balaban J connectivity index is 1.83. The number of carbonyl (C=O) groups is 2. The second-order valence-corrected chi connectivity index (χ2v) is 8.48. The van der Waals surface area contributed by atoms with Gasteiger partial charge in [0.05, 0.1) is 11.4 Å². The normalized spacial score (nSPS) is 11.5. The zero-order valence-corrected chi connectivity index (χ0v) is 18.0. The summed E-state index contributed by atoms with van der Waals surface area (Å²) in [7, 11) is 0. The highest BCUT2D eigenvalue weighted by Crippen LogP contribution is 2.31. The summed E-state index contributed by atoms with van der Waals surface area (Å²) >= 11 is 0. The van der Waals surface area contributed by atoms with E-state index in [4.69, 9.17) is 5.73 Å². The maximum absolute atomic E-state index is 13.3. The molecule has 0 aliphatic carbocycles. The number of nitrogens with zero attached hydrogens (tertiary/aromatic N) is 3. The Labute approximate surface area is 184 Å². The van der Waals surface area contributed by atoms with Gasteiger partial charge >= 0.3 is 0 Å². The van der Waals surface area contributed by atoms with Crippen molar-refractivity contribution >= 4 is 23.1 Å². The van der Waals surface area contributed by atoms with Crippen LogP contribution in [0.25, 0.3) is 16.9 Å². The van der Waals surface area contributed by atoms with Gasteiger partial charge in [-0.25, -0.2) is 9.97 Å². The van der Waals surface area contributed by atoms with Crippen molar-refractivity contribution in [2.45, 2.75) is 26.2 Å². The average Bonchev–Trinajstić information content (AvgIpc) is 3.18. The van der Waals surface area contributed by atoms with Crippen LogP contribution in [-0.4, -0.2) is 31.3 Å². The first-order chi connectivity index (χ1) is 15.1. The van der Waals surface area contributed by atoms with E-state index in [2.05, 4.69) is 15.3 Å². The lowest BCUT2D eigenvalue weighted by atomic mass is 9.87. The Morgan fingerprint density at radius 3 is 2.44 bits per heavy atom. The van der Waals surface area contributed by atoms with Crippen molar-refractivity contribution in [2.24, 2.45) is 5.73 Å². The fourth-order valence-electron chi connectivity index (χ4n) is 3.37. The largest absolute Gasteiger partial charge is 0.506 e. The molecular weight excluding hydrogens is 406 g/mol. The van der Waals surface area contributed by atoms with Gasteiger partial charge in [-0.1, -0.05) is 57.2 Å². The van der Waals surface area contributed by atoms with Crippen LogP contribution < -0.4 is 11.1 Å². The molecule has 0 saturated carbocycles. The van der Waals surface area contributed by atoms with Crippen molar-refractivity contribution in [2.75, 3.05) is 5.32 Å². The molecule has 0 aliphatic heterocycles. The number of hydrogen-bond acceptors (Lipinski definition) is 5. The van der Waals surface area contributed by atoms with E-state index in [-0.39, 0.29) is 33.9 Å². The van der Waals surface area contributed by atoms with Crippen molar-refractivity contribution < 1.29 is 14.7 Å². The Hall–Kier alpha value is -4.20. The Morgan fingerprint density at radius 1 is 1.06 bits per heavy atom. The zero-order valence-electron chi connectivity index (χ0n) is 18.0. The van der Waals surface area contributed by atoms with Gasteiger partial charge in [0, 0.05) is 5.56 Å². The number of anilines is 1. The first-order valence-electron chi connectivity index (χ1n) is 10.0. The Bertz CT molecular complexity index is 1340. The van der Waals surface area contributed by atoms with E-state index in [1.54, 1.807) is 18.2 Å². The summed E-state index contributed by atoms with van der Waals surface area (Å²) in [6.07, 6.45) is 1.33. The van der Waals surface area contributed by atoms with Gasteiger partial charge in [0.15, 0.2) is 11.3 Å². The monoisotopic (exact) mass is 429 g/mol. The Morgan fingerprint density at radius 2 is 1.78 bits per heavy atom. The topological polar surface area (TPSA) is 123 Å².